The van der Waals surface area contributed by atoms with Crippen LogP contribution in [-0.2, 0) is 11.3 Å². The Morgan fingerprint density at radius 2 is 2.08 bits per heavy atom. The number of rotatable bonds is 6. The lowest BCUT2D eigenvalue weighted by molar-refractivity contribution is 0.0979. The van der Waals surface area contributed by atoms with E-state index < -0.39 is 0 Å². The minimum Gasteiger partial charge on any atom is -0.380 e. The summed E-state index contributed by atoms with van der Waals surface area (Å²) in [6.45, 7) is 2.97. The normalized spacial score (nSPS) is 27.2. The summed E-state index contributed by atoms with van der Waals surface area (Å²) in [5, 5.41) is 8.14. The third-order valence-electron chi connectivity index (χ3n) is 5.60. The van der Waals surface area contributed by atoms with E-state index in [0.717, 1.165) is 37.6 Å². The van der Waals surface area contributed by atoms with Gasteiger partial charge in [-0.15, -0.1) is 0 Å². The van der Waals surface area contributed by atoms with E-state index >= 15 is 0 Å². The molecule has 6 nitrogen and oxygen atoms in total. The number of para-hydroxylation sites is 1. The molecule has 2 aromatic rings. The molecule has 25 heavy (non-hydrogen) atoms. The molecule has 1 aliphatic heterocycles. The molecule has 1 aliphatic carbocycles. The van der Waals surface area contributed by atoms with Crippen LogP contribution in [0.15, 0.2) is 36.7 Å². The van der Waals surface area contributed by atoms with Crippen LogP contribution in [0.5, 0.6) is 0 Å². The fourth-order valence-electron chi connectivity index (χ4n) is 4.26. The van der Waals surface area contributed by atoms with Gasteiger partial charge in [0.1, 0.15) is 12.2 Å². The zero-order chi connectivity index (χ0) is 17.1. The molecule has 0 bridgehead atoms. The quantitative estimate of drug-likeness (QED) is 0.871. The highest BCUT2D eigenvalue weighted by molar-refractivity contribution is 5.30. The molecule has 2 fully saturated rings. The van der Waals surface area contributed by atoms with Crippen molar-refractivity contribution < 1.29 is 4.74 Å². The second-order valence-corrected chi connectivity index (χ2v) is 7.05. The van der Waals surface area contributed by atoms with Crippen LogP contribution in [0.25, 0.3) is 5.69 Å². The van der Waals surface area contributed by atoms with Gasteiger partial charge in [0.15, 0.2) is 0 Å². The first-order valence-electron chi connectivity index (χ1n) is 9.29. The van der Waals surface area contributed by atoms with Gasteiger partial charge < -0.3 is 10.1 Å². The SMILES string of the molecule is COC1CCN([C@H]2CCC[C@H]2NCc2ncnn2-c2ccccc2)C1. The zero-order valence-electron chi connectivity index (χ0n) is 14.8. The Balaban J connectivity index is 1.39. The summed E-state index contributed by atoms with van der Waals surface area (Å²) in [6, 6.07) is 11.3. The van der Waals surface area contributed by atoms with E-state index in [4.69, 9.17) is 4.74 Å². The number of benzene rings is 1. The largest absolute Gasteiger partial charge is 0.380 e. The number of nitrogens with zero attached hydrogens (tertiary/aromatic N) is 4. The molecular weight excluding hydrogens is 314 g/mol. The average Bonchev–Trinajstić information content (AvgIpc) is 3.39. The van der Waals surface area contributed by atoms with Crippen molar-refractivity contribution in [2.24, 2.45) is 0 Å². The van der Waals surface area contributed by atoms with Crippen molar-refractivity contribution in [1.29, 1.82) is 0 Å². The fourth-order valence-corrected chi connectivity index (χ4v) is 4.26. The highest BCUT2D eigenvalue weighted by Crippen LogP contribution is 2.28. The Bertz CT molecular complexity index is 673. The lowest BCUT2D eigenvalue weighted by Gasteiger charge is -2.30. The van der Waals surface area contributed by atoms with Crippen molar-refractivity contribution in [3.63, 3.8) is 0 Å². The van der Waals surface area contributed by atoms with Crippen molar-refractivity contribution in [2.45, 2.75) is 50.4 Å². The molecule has 0 amide bonds. The molecule has 6 heteroatoms. The lowest BCUT2D eigenvalue weighted by Crippen LogP contribution is -2.46. The minimum absolute atomic E-state index is 0.405. The van der Waals surface area contributed by atoms with Crippen molar-refractivity contribution >= 4 is 0 Å². The number of hydrogen-bond acceptors (Lipinski definition) is 5. The van der Waals surface area contributed by atoms with Gasteiger partial charge in [-0.05, 0) is 31.4 Å². The summed E-state index contributed by atoms with van der Waals surface area (Å²) in [4.78, 5) is 7.07. The average molecular weight is 341 g/mol. The molecule has 0 radical (unpaired) electrons. The standard InChI is InChI=1S/C19H27N5O/c1-25-16-10-11-23(13-16)18-9-5-8-17(18)20-12-19-21-14-22-24(19)15-6-3-2-4-7-15/h2-4,6-7,14,16-18,20H,5,8-13H2,1H3/t16?,17-,18+/m1/s1. The third kappa shape index (κ3) is 3.61. The molecule has 1 N–H and O–H groups in total. The number of hydrogen-bond donors (Lipinski definition) is 1. The Kier molecular flexibility index (Phi) is 5.10. The maximum absolute atomic E-state index is 5.54. The summed E-state index contributed by atoms with van der Waals surface area (Å²) < 4.78 is 7.46. The summed E-state index contributed by atoms with van der Waals surface area (Å²) in [5.41, 5.74) is 1.06. The van der Waals surface area contributed by atoms with Crippen molar-refractivity contribution in [3.05, 3.63) is 42.5 Å². The van der Waals surface area contributed by atoms with Gasteiger partial charge in [0, 0.05) is 32.3 Å². The van der Waals surface area contributed by atoms with Gasteiger partial charge in [-0.3, -0.25) is 4.90 Å². The van der Waals surface area contributed by atoms with Gasteiger partial charge >= 0.3 is 0 Å². The van der Waals surface area contributed by atoms with Crippen LogP contribution in [0.3, 0.4) is 0 Å². The second kappa shape index (κ2) is 7.64. The molecule has 1 saturated carbocycles. The van der Waals surface area contributed by atoms with Crippen LogP contribution in [0.1, 0.15) is 31.5 Å². The molecule has 1 unspecified atom stereocenters. The van der Waals surface area contributed by atoms with Crippen molar-refractivity contribution in [3.8, 4) is 5.69 Å². The van der Waals surface area contributed by atoms with Gasteiger partial charge in [0.2, 0.25) is 0 Å². The van der Waals surface area contributed by atoms with Crippen LogP contribution in [0.4, 0.5) is 0 Å². The van der Waals surface area contributed by atoms with Gasteiger partial charge in [-0.25, -0.2) is 9.67 Å². The van der Waals surface area contributed by atoms with Crippen LogP contribution < -0.4 is 5.32 Å². The highest BCUT2D eigenvalue weighted by Gasteiger charge is 2.35. The van der Waals surface area contributed by atoms with Crippen LogP contribution in [-0.4, -0.2) is 58.1 Å². The zero-order valence-corrected chi connectivity index (χ0v) is 14.8. The van der Waals surface area contributed by atoms with Crippen LogP contribution >= 0.6 is 0 Å². The van der Waals surface area contributed by atoms with Crippen molar-refractivity contribution in [2.75, 3.05) is 20.2 Å². The number of methoxy groups -OCH3 is 1. The fraction of sp³-hybridized carbons (Fsp3) is 0.579. The van der Waals surface area contributed by atoms with E-state index in [1.165, 1.54) is 19.3 Å². The van der Waals surface area contributed by atoms with E-state index in [-0.39, 0.29) is 0 Å². The molecule has 1 saturated heterocycles. The predicted octanol–water partition coefficient (Wildman–Crippen LogP) is 2.00. The molecule has 0 spiro atoms. The molecule has 2 heterocycles. The first-order chi connectivity index (χ1) is 12.3. The number of nitrogens with one attached hydrogen (secondary N) is 1. The number of likely N-dealkylation sites (tertiary alicyclic amines) is 1. The maximum Gasteiger partial charge on any atom is 0.146 e. The molecule has 134 valence electrons. The van der Waals surface area contributed by atoms with Crippen LogP contribution in [0, 0.1) is 0 Å². The molecular formula is C19H27N5O. The lowest BCUT2D eigenvalue weighted by atomic mass is 10.1. The van der Waals surface area contributed by atoms with E-state index in [0.29, 0.717) is 18.2 Å². The summed E-state index contributed by atoms with van der Waals surface area (Å²) >= 11 is 0. The second-order valence-electron chi connectivity index (χ2n) is 7.05. The van der Waals surface area contributed by atoms with Gasteiger partial charge in [-0.2, -0.15) is 5.10 Å². The Labute approximate surface area is 149 Å². The first-order valence-corrected chi connectivity index (χ1v) is 9.29. The van der Waals surface area contributed by atoms with E-state index in [2.05, 4.69) is 32.4 Å². The van der Waals surface area contributed by atoms with E-state index in [9.17, 15) is 0 Å². The van der Waals surface area contributed by atoms with Gasteiger partial charge in [0.25, 0.3) is 0 Å². The monoisotopic (exact) mass is 341 g/mol. The number of ether oxygens (including phenoxy) is 1. The molecule has 2 aliphatic rings. The highest BCUT2D eigenvalue weighted by atomic mass is 16.5. The summed E-state index contributed by atoms with van der Waals surface area (Å²) in [6.07, 6.45) is 7.00. The summed E-state index contributed by atoms with van der Waals surface area (Å²) in [5.74, 6) is 0.966. The smallest absolute Gasteiger partial charge is 0.146 e. The summed E-state index contributed by atoms with van der Waals surface area (Å²) in [7, 11) is 1.83. The maximum atomic E-state index is 5.54. The molecule has 4 rings (SSSR count). The van der Waals surface area contributed by atoms with Gasteiger partial charge in [0.05, 0.1) is 18.3 Å². The van der Waals surface area contributed by atoms with E-state index in [1.54, 1.807) is 6.33 Å². The Morgan fingerprint density at radius 3 is 2.88 bits per heavy atom. The Hall–Kier alpha value is -1.76. The Morgan fingerprint density at radius 1 is 1.20 bits per heavy atom. The van der Waals surface area contributed by atoms with Crippen molar-refractivity contribution in [1.82, 2.24) is 25.0 Å². The first kappa shape index (κ1) is 16.7. The minimum atomic E-state index is 0.405. The molecule has 1 aromatic carbocycles. The third-order valence-corrected chi connectivity index (χ3v) is 5.60. The van der Waals surface area contributed by atoms with Crippen LogP contribution in [0.2, 0.25) is 0 Å². The predicted molar refractivity (Wildman–Crippen MR) is 96.6 cm³/mol. The topological polar surface area (TPSA) is 55.2 Å². The molecule has 3 atom stereocenters. The van der Waals surface area contributed by atoms with Gasteiger partial charge in [-0.1, -0.05) is 24.6 Å². The number of aromatic nitrogens is 3. The molecule has 1 aromatic heterocycles. The van der Waals surface area contributed by atoms with E-state index in [1.807, 2.05) is 30.0 Å².